The lowest BCUT2D eigenvalue weighted by molar-refractivity contribution is -0.158. The highest BCUT2D eigenvalue weighted by molar-refractivity contribution is 5.99. The smallest absolute Gasteiger partial charge is 0.318 e. The van der Waals surface area contributed by atoms with Crippen molar-refractivity contribution in [2.75, 3.05) is 13.2 Å². The molecule has 4 saturated carbocycles. The van der Waals surface area contributed by atoms with E-state index >= 15 is 0 Å². The number of ether oxygens (including phenoxy) is 1. The molecular weight excluding hydrogens is 266 g/mol. The van der Waals surface area contributed by atoms with Gasteiger partial charge >= 0.3 is 5.97 Å². The molecule has 1 aliphatic heterocycles. The van der Waals surface area contributed by atoms with Gasteiger partial charge in [0.05, 0.1) is 6.61 Å². The molecule has 4 nitrogen and oxygen atoms in total. The number of carbonyl (C=O) groups excluding carboxylic acids is 2. The molecule has 0 aromatic heterocycles. The van der Waals surface area contributed by atoms with Crippen molar-refractivity contribution < 1.29 is 14.3 Å². The summed E-state index contributed by atoms with van der Waals surface area (Å²) in [7, 11) is 0. The van der Waals surface area contributed by atoms with Gasteiger partial charge in [0.1, 0.15) is 5.92 Å². The van der Waals surface area contributed by atoms with Gasteiger partial charge in [-0.3, -0.25) is 9.59 Å². The average Bonchev–Trinajstić information content (AvgIpc) is 2.80. The summed E-state index contributed by atoms with van der Waals surface area (Å²) in [4.78, 5) is 24.5. The van der Waals surface area contributed by atoms with Crippen LogP contribution in [0.2, 0.25) is 0 Å². The second kappa shape index (κ2) is 4.72. The van der Waals surface area contributed by atoms with Crippen LogP contribution < -0.4 is 5.32 Å². The first-order valence-corrected chi connectivity index (χ1v) is 8.55. The third kappa shape index (κ3) is 2.01. The zero-order chi connectivity index (χ0) is 14.6. The number of hydrogen-bond donors (Lipinski definition) is 1. The van der Waals surface area contributed by atoms with Gasteiger partial charge in [-0.05, 0) is 68.6 Å². The Morgan fingerprint density at radius 2 is 1.76 bits per heavy atom. The summed E-state index contributed by atoms with van der Waals surface area (Å²) in [5.74, 6) is 1.74. The van der Waals surface area contributed by atoms with Gasteiger partial charge in [0, 0.05) is 12.5 Å². The summed E-state index contributed by atoms with van der Waals surface area (Å²) in [6.45, 7) is 2.84. The van der Waals surface area contributed by atoms with Gasteiger partial charge in [-0.2, -0.15) is 0 Å². The summed E-state index contributed by atoms with van der Waals surface area (Å²) in [5, 5.41) is 2.94. The molecule has 2 atom stereocenters. The third-order valence-electron chi connectivity index (χ3n) is 6.59. The van der Waals surface area contributed by atoms with Crippen LogP contribution in [0.15, 0.2) is 0 Å². The van der Waals surface area contributed by atoms with Crippen molar-refractivity contribution >= 4 is 11.9 Å². The van der Waals surface area contributed by atoms with E-state index in [1.165, 1.54) is 38.5 Å². The van der Waals surface area contributed by atoms with E-state index in [9.17, 15) is 9.59 Å². The molecule has 4 aliphatic carbocycles. The van der Waals surface area contributed by atoms with E-state index in [0.717, 1.165) is 17.8 Å². The maximum absolute atomic E-state index is 12.3. The Kier molecular flexibility index (Phi) is 3.05. The summed E-state index contributed by atoms with van der Waals surface area (Å²) in [5.41, 5.74) is 0.228. The van der Waals surface area contributed by atoms with Crippen molar-refractivity contribution in [2.24, 2.45) is 35.0 Å². The van der Waals surface area contributed by atoms with Crippen molar-refractivity contribution in [3.05, 3.63) is 0 Å². The number of amides is 1. The standard InChI is InChI=1S/C17H25NO3/c1-2-21-16(20)14-13(9-18-15(14)19)17-6-10-3-11(7-17)5-12(4-10)8-17/h10-14H,2-9H2,1H3,(H,18,19)/t10?,11?,12?,13-,14+,17?/m1/s1. The Balaban J connectivity index is 1.62. The molecule has 5 fully saturated rings. The van der Waals surface area contributed by atoms with E-state index in [2.05, 4.69) is 5.32 Å². The minimum absolute atomic E-state index is 0.103. The van der Waals surface area contributed by atoms with Crippen LogP contribution in [0.5, 0.6) is 0 Å². The molecule has 1 heterocycles. The Hall–Kier alpha value is -1.06. The quantitative estimate of drug-likeness (QED) is 0.640. The average molecular weight is 291 g/mol. The summed E-state index contributed by atoms with van der Waals surface area (Å²) in [6, 6.07) is 0. The minimum atomic E-state index is -0.554. The number of carbonyl (C=O) groups is 2. The van der Waals surface area contributed by atoms with Gasteiger partial charge in [0.15, 0.2) is 0 Å². The fraction of sp³-hybridized carbons (Fsp3) is 0.882. The first-order chi connectivity index (χ1) is 10.1. The van der Waals surface area contributed by atoms with Gasteiger partial charge in [-0.1, -0.05) is 0 Å². The Labute approximate surface area is 126 Å². The minimum Gasteiger partial charge on any atom is -0.465 e. The fourth-order valence-corrected chi connectivity index (χ4v) is 6.33. The maximum atomic E-state index is 12.3. The van der Waals surface area contributed by atoms with Gasteiger partial charge < -0.3 is 10.1 Å². The first kappa shape index (κ1) is 13.6. The Morgan fingerprint density at radius 1 is 1.19 bits per heavy atom. The highest BCUT2D eigenvalue weighted by Gasteiger charge is 2.59. The van der Waals surface area contributed by atoms with Crippen LogP contribution in [-0.2, 0) is 14.3 Å². The SMILES string of the molecule is CCOC(=O)[C@@H]1C(=O)NC[C@H]1C12CC3CC(CC(C3)C1)C2. The molecule has 0 unspecified atom stereocenters. The molecule has 1 amide bonds. The topological polar surface area (TPSA) is 55.4 Å². The normalized spacial score (nSPS) is 47.5. The van der Waals surface area contributed by atoms with Crippen molar-refractivity contribution in [3.63, 3.8) is 0 Å². The number of hydrogen-bond acceptors (Lipinski definition) is 3. The van der Waals surface area contributed by atoms with Gasteiger partial charge in [0.2, 0.25) is 5.91 Å². The van der Waals surface area contributed by atoms with Gasteiger partial charge in [0.25, 0.3) is 0 Å². The first-order valence-electron chi connectivity index (χ1n) is 8.55. The van der Waals surface area contributed by atoms with E-state index in [1.807, 2.05) is 6.92 Å². The predicted molar refractivity (Wildman–Crippen MR) is 77.2 cm³/mol. The van der Waals surface area contributed by atoms with Crippen LogP contribution in [0.4, 0.5) is 0 Å². The van der Waals surface area contributed by atoms with E-state index in [0.29, 0.717) is 13.2 Å². The molecule has 5 aliphatic rings. The highest BCUT2D eigenvalue weighted by atomic mass is 16.5. The molecule has 0 aromatic rings. The number of nitrogens with one attached hydrogen (secondary N) is 1. The second-order valence-corrected chi connectivity index (χ2v) is 7.86. The summed E-state index contributed by atoms with van der Waals surface area (Å²) < 4.78 is 5.19. The maximum Gasteiger partial charge on any atom is 0.318 e. The molecule has 5 rings (SSSR count). The molecule has 1 N–H and O–H groups in total. The van der Waals surface area contributed by atoms with Crippen LogP contribution in [0.1, 0.15) is 45.4 Å². The van der Waals surface area contributed by atoms with Crippen LogP contribution in [0.3, 0.4) is 0 Å². The van der Waals surface area contributed by atoms with Gasteiger partial charge in [-0.15, -0.1) is 0 Å². The second-order valence-electron chi connectivity index (χ2n) is 7.86. The van der Waals surface area contributed by atoms with Crippen LogP contribution in [0.25, 0.3) is 0 Å². The molecular formula is C17H25NO3. The summed E-state index contributed by atoms with van der Waals surface area (Å²) in [6.07, 6.45) is 7.85. The lowest BCUT2D eigenvalue weighted by Crippen LogP contribution is -2.52. The highest BCUT2D eigenvalue weighted by Crippen LogP contribution is 2.64. The van der Waals surface area contributed by atoms with E-state index < -0.39 is 5.92 Å². The fourth-order valence-electron chi connectivity index (χ4n) is 6.33. The van der Waals surface area contributed by atoms with Crippen molar-refractivity contribution in [1.82, 2.24) is 5.32 Å². The molecule has 0 aromatic carbocycles. The predicted octanol–water partition coefficient (Wildman–Crippen LogP) is 2.13. The third-order valence-corrected chi connectivity index (χ3v) is 6.59. The molecule has 116 valence electrons. The molecule has 0 radical (unpaired) electrons. The van der Waals surface area contributed by atoms with E-state index in [4.69, 9.17) is 4.74 Å². The molecule has 4 bridgehead atoms. The molecule has 0 spiro atoms. The Morgan fingerprint density at radius 3 is 2.29 bits per heavy atom. The zero-order valence-corrected chi connectivity index (χ0v) is 12.8. The van der Waals surface area contributed by atoms with E-state index in [-0.39, 0.29) is 23.2 Å². The molecule has 4 heteroatoms. The van der Waals surface area contributed by atoms with Crippen molar-refractivity contribution in [3.8, 4) is 0 Å². The Bertz CT molecular complexity index is 437. The summed E-state index contributed by atoms with van der Waals surface area (Å²) >= 11 is 0. The van der Waals surface area contributed by atoms with Crippen molar-refractivity contribution in [2.45, 2.75) is 45.4 Å². The van der Waals surface area contributed by atoms with Crippen LogP contribution >= 0.6 is 0 Å². The van der Waals surface area contributed by atoms with Crippen LogP contribution in [-0.4, -0.2) is 25.0 Å². The largest absolute Gasteiger partial charge is 0.465 e. The zero-order valence-electron chi connectivity index (χ0n) is 12.8. The molecule has 1 saturated heterocycles. The van der Waals surface area contributed by atoms with E-state index in [1.54, 1.807) is 0 Å². The van der Waals surface area contributed by atoms with Gasteiger partial charge in [-0.25, -0.2) is 0 Å². The lowest BCUT2D eigenvalue weighted by atomic mass is 9.45. The van der Waals surface area contributed by atoms with Crippen LogP contribution in [0, 0.1) is 35.0 Å². The number of esters is 1. The monoisotopic (exact) mass is 291 g/mol. The van der Waals surface area contributed by atoms with Crippen molar-refractivity contribution in [1.29, 1.82) is 0 Å². The number of rotatable bonds is 3. The molecule has 21 heavy (non-hydrogen) atoms. The lowest BCUT2D eigenvalue weighted by Gasteiger charge is -2.59.